The van der Waals surface area contributed by atoms with Crippen LogP contribution in [0.25, 0.3) is 22.0 Å². The molecule has 1 fully saturated rings. The van der Waals surface area contributed by atoms with Crippen LogP contribution in [0.1, 0.15) is 48.9 Å². The van der Waals surface area contributed by atoms with Crippen LogP contribution in [0, 0.1) is 6.92 Å². The number of likely N-dealkylation sites (tertiary alicyclic amines) is 1. The summed E-state index contributed by atoms with van der Waals surface area (Å²) < 4.78 is 6.58. The van der Waals surface area contributed by atoms with Gasteiger partial charge in [0.15, 0.2) is 0 Å². The summed E-state index contributed by atoms with van der Waals surface area (Å²) in [5, 5.41) is 21.5. The molecule has 0 unspecified atom stereocenters. The number of ether oxygens (including phenoxy) is 1. The summed E-state index contributed by atoms with van der Waals surface area (Å²) in [4.78, 5) is 31.4. The summed E-state index contributed by atoms with van der Waals surface area (Å²) in [6.45, 7) is 7.91. The second kappa shape index (κ2) is 12.8. The van der Waals surface area contributed by atoms with Crippen molar-refractivity contribution in [3.05, 3.63) is 82.6 Å². The van der Waals surface area contributed by atoms with Gasteiger partial charge in [0.1, 0.15) is 5.75 Å². The van der Waals surface area contributed by atoms with Crippen LogP contribution in [0.2, 0.25) is 0 Å². The standard InChI is InChI=1S/C33H35N7O3S/c1-20(2)31-37-23(19-44-31)17-36-27-10-4-8-25-24(27)12-11-21(3)29(25)43-30-26(9-5-14-34-30)28-13-15-35-32(39-28)38-22-7-6-16-40(18-22)33(41)42/h4-5,8-15,19-20,22,36H,6-7,16-18H2,1-3H3,(H,41,42)(H,35,38,39)/t22-/m0/s1. The van der Waals surface area contributed by atoms with Crippen LogP contribution in [0.3, 0.4) is 0 Å². The van der Waals surface area contributed by atoms with Gasteiger partial charge in [-0.1, -0.05) is 38.1 Å². The van der Waals surface area contributed by atoms with E-state index in [9.17, 15) is 9.90 Å². The second-order valence-corrected chi connectivity index (χ2v) is 12.1. The van der Waals surface area contributed by atoms with E-state index >= 15 is 0 Å². The van der Waals surface area contributed by atoms with Crippen molar-refractivity contribution < 1.29 is 14.6 Å². The van der Waals surface area contributed by atoms with Crippen LogP contribution in [-0.2, 0) is 6.54 Å². The maximum absolute atomic E-state index is 11.5. The maximum atomic E-state index is 11.5. The quantitative estimate of drug-likeness (QED) is 0.155. The Labute approximate surface area is 260 Å². The van der Waals surface area contributed by atoms with Gasteiger partial charge in [-0.15, -0.1) is 11.3 Å². The molecule has 0 bridgehead atoms. The normalized spacial score (nSPS) is 15.0. The van der Waals surface area contributed by atoms with Crippen molar-refractivity contribution in [2.45, 2.75) is 52.1 Å². The Balaban J connectivity index is 1.25. The molecule has 1 atom stereocenters. The SMILES string of the molecule is Cc1ccc2c(NCc3csc(C(C)C)n3)cccc2c1Oc1ncccc1-c1ccnc(N[C@H]2CCCN(C(=O)O)C2)n1. The van der Waals surface area contributed by atoms with E-state index in [4.69, 9.17) is 14.7 Å². The number of carbonyl (C=O) groups is 1. The molecule has 0 aliphatic carbocycles. The van der Waals surface area contributed by atoms with Gasteiger partial charge in [0.05, 0.1) is 28.5 Å². The van der Waals surface area contributed by atoms with Crippen molar-refractivity contribution in [1.29, 1.82) is 0 Å². The molecule has 5 aromatic rings. The highest BCUT2D eigenvalue weighted by atomic mass is 32.1. The van der Waals surface area contributed by atoms with Gasteiger partial charge in [0.25, 0.3) is 0 Å². The first kappa shape index (κ1) is 29.3. The molecule has 1 amide bonds. The van der Waals surface area contributed by atoms with Gasteiger partial charge in [0, 0.05) is 59.3 Å². The van der Waals surface area contributed by atoms with Gasteiger partial charge in [-0.3, -0.25) is 0 Å². The minimum absolute atomic E-state index is 0.0615. The van der Waals surface area contributed by atoms with Crippen LogP contribution in [-0.4, -0.2) is 55.2 Å². The number of rotatable bonds is 9. The molecule has 1 aliphatic rings. The molecule has 4 heterocycles. The molecule has 0 spiro atoms. The Morgan fingerprint density at radius 1 is 1.09 bits per heavy atom. The topological polar surface area (TPSA) is 125 Å². The zero-order chi connectivity index (χ0) is 30.6. The average Bonchev–Trinajstić information content (AvgIpc) is 3.51. The first-order valence-corrected chi connectivity index (χ1v) is 15.6. The first-order valence-electron chi connectivity index (χ1n) is 14.8. The number of fused-ring (bicyclic) bond motifs is 1. The van der Waals surface area contributed by atoms with Gasteiger partial charge in [-0.2, -0.15) is 0 Å². The number of carboxylic acid groups (broad SMARTS) is 1. The number of nitrogens with one attached hydrogen (secondary N) is 2. The highest BCUT2D eigenvalue weighted by Gasteiger charge is 2.24. The predicted octanol–water partition coefficient (Wildman–Crippen LogP) is 7.54. The van der Waals surface area contributed by atoms with Crippen molar-refractivity contribution >= 4 is 39.8 Å². The number of amides is 1. The molecule has 44 heavy (non-hydrogen) atoms. The summed E-state index contributed by atoms with van der Waals surface area (Å²) >= 11 is 1.70. The lowest BCUT2D eigenvalue weighted by atomic mass is 10.0. The summed E-state index contributed by atoms with van der Waals surface area (Å²) in [6, 6.07) is 15.9. The Kier molecular flexibility index (Phi) is 8.56. The molecule has 1 saturated heterocycles. The van der Waals surface area contributed by atoms with Gasteiger partial charge in [-0.25, -0.2) is 24.7 Å². The third-order valence-electron chi connectivity index (χ3n) is 7.66. The van der Waals surface area contributed by atoms with Crippen molar-refractivity contribution in [2.24, 2.45) is 0 Å². The molecule has 0 saturated carbocycles. The molecule has 1 aliphatic heterocycles. The summed E-state index contributed by atoms with van der Waals surface area (Å²) in [5.41, 5.74) is 4.39. The predicted molar refractivity (Wildman–Crippen MR) is 174 cm³/mol. The molecule has 11 heteroatoms. The largest absolute Gasteiger partial charge is 0.465 e. The molecule has 226 valence electrons. The Hall–Kier alpha value is -4.77. The van der Waals surface area contributed by atoms with Gasteiger partial charge in [0.2, 0.25) is 11.8 Å². The van der Waals surface area contributed by atoms with E-state index in [1.807, 2.05) is 31.2 Å². The fraction of sp³-hybridized carbons (Fsp3) is 0.303. The van der Waals surface area contributed by atoms with E-state index in [0.29, 0.717) is 43.1 Å². The van der Waals surface area contributed by atoms with Crippen LogP contribution in [0.15, 0.2) is 66.3 Å². The van der Waals surface area contributed by atoms with E-state index in [2.05, 4.69) is 64.1 Å². The fourth-order valence-corrected chi connectivity index (χ4v) is 6.21. The molecule has 3 aromatic heterocycles. The van der Waals surface area contributed by atoms with Crippen molar-refractivity contribution in [1.82, 2.24) is 24.8 Å². The van der Waals surface area contributed by atoms with E-state index in [0.717, 1.165) is 56.9 Å². The van der Waals surface area contributed by atoms with Gasteiger partial charge < -0.3 is 25.4 Å². The van der Waals surface area contributed by atoms with Crippen LogP contribution in [0.4, 0.5) is 16.4 Å². The van der Waals surface area contributed by atoms with Gasteiger partial charge in [-0.05, 0) is 49.6 Å². The summed E-state index contributed by atoms with van der Waals surface area (Å²) in [7, 11) is 0. The Morgan fingerprint density at radius 2 is 1.98 bits per heavy atom. The van der Waals surface area contributed by atoms with Crippen LogP contribution >= 0.6 is 11.3 Å². The molecule has 0 radical (unpaired) electrons. The number of piperidine rings is 1. The molecular weight excluding hydrogens is 574 g/mol. The van der Waals surface area contributed by atoms with Crippen LogP contribution in [0.5, 0.6) is 11.6 Å². The number of hydrogen-bond acceptors (Lipinski definition) is 9. The number of nitrogens with zero attached hydrogens (tertiary/aromatic N) is 5. The zero-order valence-corrected chi connectivity index (χ0v) is 25.8. The van der Waals surface area contributed by atoms with E-state index in [1.165, 1.54) is 4.90 Å². The lowest BCUT2D eigenvalue weighted by Crippen LogP contribution is -2.44. The smallest absolute Gasteiger partial charge is 0.407 e. The first-order chi connectivity index (χ1) is 21.4. The highest BCUT2D eigenvalue weighted by molar-refractivity contribution is 7.09. The average molecular weight is 610 g/mol. The number of anilines is 2. The number of benzene rings is 2. The fourth-order valence-electron chi connectivity index (χ4n) is 5.38. The molecule has 6 rings (SSSR count). The van der Waals surface area contributed by atoms with E-state index in [1.54, 1.807) is 23.7 Å². The van der Waals surface area contributed by atoms with E-state index in [-0.39, 0.29) is 6.04 Å². The third kappa shape index (κ3) is 6.42. The Bertz CT molecular complexity index is 1790. The number of thiazole rings is 1. The van der Waals surface area contributed by atoms with Crippen molar-refractivity contribution in [3.8, 4) is 22.9 Å². The number of aryl methyl sites for hydroxylation is 1. The van der Waals surface area contributed by atoms with E-state index < -0.39 is 6.09 Å². The third-order valence-corrected chi connectivity index (χ3v) is 8.85. The number of aromatic nitrogens is 4. The minimum Gasteiger partial charge on any atom is -0.465 e. The highest BCUT2D eigenvalue weighted by Crippen LogP contribution is 2.38. The number of pyridine rings is 1. The Morgan fingerprint density at radius 3 is 2.80 bits per heavy atom. The summed E-state index contributed by atoms with van der Waals surface area (Å²) in [5.74, 6) is 2.01. The zero-order valence-electron chi connectivity index (χ0n) is 24.9. The molecule has 3 N–H and O–H groups in total. The maximum Gasteiger partial charge on any atom is 0.407 e. The molecule has 2 aromatic carbocycles. The second-order valence-electron chi connectivity index (χ2n) is 11.2. The molecular formula is C33H35N7O3S. The minimum atomic E-state index is -0.908. The van der Waals surface area contributed by atoms with Gasteiger partial charge >= 0.3 is 6.09 Å². The lowest BCUT2D eigenvalue weighted by Gasteiger charge is -2.31. The van der Waals surface area contributed by atoms with Crippen LogP contribution < -0.4 is 15.4 Å². The monoisotopic (exact) mass is 609 g/mol. The lowest BCUT2D eigenvalue weighted by molar-refractivity contribution is 0.132. The van der Waals surface area contributed by atoms with Crippen molar-refractivity contribution in [3.63, 3.8) is 0 Å². The van der Waals surface area contributed by atoms with Crippen molar-refractivity contribution in [2.75, 3.05) is 23.7 Å². The summed E-state index contributed by atoms with van der Waals surface area (Å²) in [6.07, 6.45) is 4.12. The number of hydrogen-bond donors (Lipinski definition) is 3. The molecule has 10 nitrogen and oxygen atoms in total.